The molecule has 0 saturated heterocycles. The van der Waals surface area contributed by atoms with Crippen LogP contribution in [0.5, 0.6) is 0 Å². The van der Waals surface area contributed by atoms with Crippen LogP contribution in [-0.2, 0) is 23.8 Å². The quantitative estimate of drug-likeness (QED) is 0.504. The minimum atomic E-state index is -0.662. The van der Waals surface area contributed by atoms with Gasteiger partial charge in [0.25, 0.3) is 0 Å². The van der Waals surface area contributed by atoms with Crippen molar-refractivity contribution in [1.29, 1.82) is 0 Å². The van der Waals surface area contributed by atoms with Gasteiger partial charge in [0.15, 0.2) is 0 Å². The molecule has 0 spiro atoms. The molecule has 0 aliphatic heterocycles. The van der Waals surface area contributed by atoms with Gasteiger partial charge < -0.3 is 14.2 Å². The molecule has 0 aromatic heterocycles. The molecule has 0 heterocycles. The maximum atomic E-state index is 12.1. The van der Waals surface area contributed by atoms with E-state index in [4.69, 9.17) is 14.2 Å². The summed E-state index contributed by atoms with van der Waals surface area (Å²) in [6, 6.07) is 0. The fourth-order valence-electron chi connectivity index (χ4n) is 1.57. The topological polar surface area (TPSA) is 82.1 Å². The van der Waals surface area contributed by atoms with Crippen LogP contribution in [0.4, 0.5) is 4.79 Å². The van der Waals surface area contributed by atoms with Crippen molar-refractivity contribution in [2.24, 2.45) is 0 Å². The van der Waals surface area contributed by atoms with Crippen molar-refractivity contribution in [3.05, 3.63) is 0 Å². The van der Waals surface area contributed by atoms with E-state index >= 15 is 0 Å². The first-order valence-corrected chi connectivity index (χ1v) is 7.48. The van der Waals surface area contributed by atoms with Crippen LogP contribution >= 0.6 is 0 Å². The van der Waals surface area contributed by atoms with Gasteiger partial charge in [0.2, 0.25) is 0 Å². The van der Waals surface area contributed by atoms with Gasteiger partial charge in [-0.3, -0.25) is 14.5 Å². The number of amides is 1. The van der Waals surface area contributed by atoms with Gasteiger partial charge in [-0.15, -0.1) is 0 Å². The maximum absolute atomic E-state index is 12.1. The van der Waals surface area contributed by atoms with Gasteiger partial charge in [-0.05, 0) is 41.0 Å². The highest BCUT2D eigenvalue weighted by Crippen LogP contribution is 2.11. The number of nitrogens with zero attached hydrogens (tertiary/aromatic N) is 1. The molecular weight excluding hydrogens is 290 g/mol. The van der Waals surface area contributed by atoms with Gasteiger partial charge in [0.05, 0.1) is 13.2 Å². The number of rotatable bonds is 8. The fraction of sp³-hybridized carbons (Fsp3) is 0.800. The van der Waals surface area contributed by atoms with Crippen LogP contribution in [0.1, 0.15) is 47.5 Å². The Bertz CT molecular complexity index is 375. The molecule has 0 rings (SSSR count). The first-order valence-electron chi connectivity index (χ1n) is 7.48. The van der Waals surface area contributed by atoms with Gasteiger partial charge in [-0.2, -0.15) is 0 Å². The molecule has 0 aromatic rings. The number of carbonyl (C=O) groups excluding carboxylic acids is 3. The van der Waals surface area contributed by atoms with Gasteiger partial charge in [0.1, 0.15) is 12.1 Å². The monoisotopic (exact) mass is 317 g/mol. The van der Waals surface area contributed by atoms with Crippen LogP contribution in [-0.4, -0.2) is 54.8 Å². The smallest absolute Gasteiger partial charge is 0.410 e. The number of carbonyl (C=O) groups is 3. The van der Waals surface area contributed by atoms with Crippen LogP contribution in [0.15, 0.2) is 0 Å². The molecule has 0 aliphatic rings. The van der Waals surface area contributed by atoms with E-state index in [1.165, 1.54) is 4.90 Å². The van der Waals surface area contributed by atoms with E-state index in [1.54, 1.807) is 34.6 Å². The zero-order valence-electron chi connectivity index (χ0n) is 14.1. The normalized spacial score (nSPS) is 10.8. The lowest BCUT2D eigenvalue weighted by molar-refractivity contribution is -0.144. The highest BCUT2D eigenvalue weighted by molar-refractivity contribution is 5.78. The molecule has 7 nitrogen and oxygen atoms in total. The van der Waals surface area contributed by atoms with Gasteiger partial charge >= 0.3 is 18.0 Å². The predicted octanol–water partition coefficient (Wildman–Crippen LogP) is 2.13. The van der Waals surface area contributed by atoms with E-state index in [-0.39, 0.29) is 32.1 Å². The van der Waals surface area contributed by atoms with Crippen molar-refractivity contribution < 1.29 is 28.6 Å². The summed E-state index contributed by atoms with van der Waals surface area (Å²) >= 11 is 0. The standard InChI is InChI=1S/C15H27NO6/c1-6-20-12(17)9-8-10-16(11-13(18)21-7-2)14(19)22-15(3,4)5/h6-11H2,1-5H3. The Balaban J connectivity index is 4.54. The van der Waals surface area contributed by atoms with E-state index in [0.29, 0.717) is 13.0 Å². The third-order valence-corrected chi connectivity index (χ3v) is 2.39. The summed E-state index contributed by atoms with van der Waals surface area (Å²) in [6.45, 7) is 9.21. The second kappa shape index (κ2) is 10.0. The summed E-state index contributed by atoms with van der Waals surface area (Å²) in [5.74, 6) is -0.840. The second-order valence-corrected chi connectivity index (χ2v) is 5.62. The van der Waals surface area contributed by atoms with Crippen LogP contribution in [0.25, 0.3) is 0 Å². The molecule has 1 amide bonds. The lowest BCUT2D eigenvalue weighted by atomic mass is 10.2. The summed E-state index contributed by atoms with van der Waals surface area (Å²) in [6.07, 6.45) is -0.0441. The average molecular weight is 317 g/mol. The Morgan fingerprint density at radius 2 is 1.50 bits per heavy atom. The summed E-state index contributed by atoms with van der Waals surface area (Å²) in [5, 5.41) is 0. The first kappa shape index (κ1) is 20.2. The van der Waals surface area contributed by atoms with E-state index < -0.39 is 17.7 Å². The largest absolute Gasteiger partial charge is 0.466 e. The van der Waals surface area contributed by atoms with Crippen molar-refractivity contribution in [3.63, 3.8) is 0 Å². The van der Waals surface area contributed by atoms with E-state index in [1.807, 2.05) is 0 Å². The third kappa shape index (κ3) is 10.0. The minimum Gasteiger partial charge on any atom is -0.466 e. The van der Waals surface area contributed by atoms with Crippen LogP contribution in [0.2, 0.25) is 0 Å². The predicted molar refractivity (Wildman–Crippen MR) is 80.3 cm³/mol. The zero-order chi connectivity index (χ0) is 17.2. The number of esters is 2. The van der Waals surface area contributed by atoms with Crippen molar-refractivity contribution in [1.82, 2.24) is 4.90 Å². The molecule has 0 bridgehead atoms. The van der Waals surface area contributed by atoms with Crippen molar-refractivity contribution >= 4 is 18.0 Å². The maximum Gasteiger partial charge on any atom is 0.410 e. The van der Waals surface area contributed by atoms with Crippen molar-refractivity contribution in [3.8, 4) is 0 Å². The zero-order valence-corrected chi connectivity index (χ0v) is 14.1. The third-order valence-electron chi connectivity index (χ3n) is 2.39. The van der Waals surface area contributed by atoms with Crippen LogP contribution in [0.3, 0.4) is 0 Å². The molecular formula is C15H27NO6. The molecule has 128 valence electrons. The summed E-state index contributed by atoms with van der Waals surface area (Å²) in [5.41, 5.74) is -0.662. The van der Waals surface area contributed by atoms with E-state index in [2.05, 4.69) is 0 Å². The molecule has 0 saturated carbocycles. The Morgan fingerprint density at radius 1 is 0.955 bits per heavy atom. The molecule has 0 radical (unpaired) electrons. The minimum absolute atomic E-state index is 0.177. The Hall–Kier alpha value is -1.79. The van der Waals surface area contributed by atoms with Crippen molar-refractivity contribution in [2.45, 2.75) is 53.1 Å². The molecule has 22 heavy (non-hydrogen) atoms. The van der Waals surface area contributed by atoms with E-state index in [9.17, 15) is 14.4 Å². The summed E-state index contributed by atoms with van der Waals surface area (Å²) in [7, 11) is 0. The Labute approximate surface area is 131 Å². The van der Waals surface area contributed by atoms with Gasteiger partial charge in [0, 0.05) is 13.0 Å². The Morgan fingerprint density at radius 3 is 2.00 bits per heavy atom. The van der Waals surface area contributed by atoms with Gasteiger partial charge in [-0.1, -0.05) is 0 Å². The molecule has 7 heteroatoms. The number of hydrogen-bond donors (Lipinski definition) is 0. The molecule has 0 N–H and O–H groups in total. The highest BCUT2D eigenvalue weighted by atomic mass is 16.6. The molecule has 0 aromatic carbocycles. The molecule has 0 unspecified atom stereocenters. The average Bonchev–Trinajstić information content (AvgIpc) is 2.36. The Kier molecular flexibility index (Phi) is 9.21. The molecule has 0 fully saturated rings. The molecule has 0 aliphatic carbocycles. The lowest BCUT2D eigenvalue weighted by Gasteiger charge is -2.26. The highest BCUT2D eigenvalue weighted by Gasteiger charge is 2.24. The van der Waals surface area contributed by atoms with Gasteiger partial charge in [-0.25, -0.2) is 4.79 Å². The SMILES string of the molecule is CCOC(=O)CCCN(CC(=O)OCC)C(=O)OC(C)(C)C. The summed E-state index contributed by atoms with van der Waals surface area (Å²) in [4.78, 5) is 36.2. The second-order valence-electron chi connectivity index (χ2n) is 5.62. The van der Waals surface area contributed by atoms with Crippen LogP contribution < -0.4 is 0 Å². The number of hydrogen-bond acceptors (Lipinski definition) is 6. The van der Waals surface area contributed by atoms with Crippen LogP contribution in [0, 0.1) is 0 Å². The fourth-order valence-corrected chi connectivity index (χ4v) is 1.57. The lowest BCUT2D eigenvalue weighted by Crippen LogP contribution is -2.41. The number of ether oxygens (including phenoxy) is 3. The summed E-state index contributed by atoms with van der Waals surface area (Å²) < 4.78 is 14.9. The first-order chi connectivity index (χ1) is 10.2. The van der Waals surface area contributed by atoms with E-state index in [0.717, 1.165) is 0 Å². The molecule has 0 atom stereocenters. The van der Waals surface area contributed by atoms with Crippen molar-refractivity contribution in [2.75, 3.05) is 26.3 Å².